The van der Waals surface area contributed by atoms with Gasteiger partial charge in [-0.25, -0.2) is 28.1 Å². The first-order valence-electron chi connectivity index (χ1n) is 7.74. The van der Waals surface area contributed by atoms with E-state index in [4.69, 9.17) is 11.6 Å². The summed E-state index contributed by atoms with van der Waals surface area (Å²) in [6.45, 7) is 6.95. The molecule has 1 aromatic heterocycles. The quantitative estimate of drug-likeness (QED) is 0.342. The van der Waals surface area contributed by atoms with Gasteiger partial charge in [-0.1, -0.05) is 77.6 Å². The minimum Gasteiger partial charge on any atom is -0.247 e. The van der Waals surface area contributed by atoms with Crippen LogP contribution in [0.2, 0.25) is 5.02 Å². The Bertz CT molecular complexity index is 1060. The molecule has 0 saturated carbocycles. The molecule has 0 aliphatic heterocycles. The first-order chi connectivity index (χ1) is 13.0. The maximum Gasteiger partial charge on any atom is 0.336 e. The SMILES string of the molecule is C=CCn1c(=O)n(CC=C)c(=O)n(Cc2c(C(Br)(Br)Br)ccc(Cl)c2Br)c1=O. The fourth-order valence-corrected chi connectivity index (χ4v) is 4.32. The van der Waals surface area contributed by atoms with Gasteiger partial charge in [-0.3, -0.25) is 0 Å². The van der Waals surface area contributed by atoms with E-state index < -0.39 is 19.2 Å². The van der Waals surface area contributed by atoms with E-state index in [1.807, 2.05) is 0 Å². The highest BCUT2D eigenvalue weighted by molar-refractivity contribution is 9.38. The third-order valence-electron chi connectivity index (χ3n) is 3.83. The van der Waals surface area contributed by atoms with Crippen molar-refractivity contribution < 1.29 is 0 Å². The van der Waals surface area contributed by atoms with Crippen molar-refractivity contribution in [3.8, 4) is 0 Å². The van der Waals surface area contributed by atoms with E-state index in [-0.39, 0.29) is 19.6 Å². The molecule has 2 aromatic rings. The predicted octanol–water partition coefficient (Wildman–Crippen LogP) is 4.30. The molecule has 150 valence electrons. The van der Waals surface area contributed by atoms with Gasteiger partial charge in [0, 0.05) is 4.47 Å². The summed E-state index contributed by atoms with van der Waals surface area (Å²) in [5.74, 6) is 0. The largest absolute Gasteiger partial charge is 0.336 e. The first-order valence-corrected chi connectivity index (χ1v) is 11.3. The number of allylic oxidation sites excluding steroid dienone is 2. The van der Waals surface area contributed by atoms with Gasteiger partial charge in [-0.05, 0) is 33.1 Å². The van der Waals surface area contributed by atoms with Crippen molar-refractivity contribution in [3.63, 3.8) is 0 Å². The molecule has 0 unspecified atom stereocenters. The topological polar surface area (TPSA) is 66.0 Å². The molecule has 0 atom stereocenters. The lowest BCUT2D eigenvalue weighted by molar-refractivity contribution is 0.497. The lowest BCUT2D eigenvalue weighted by Gasteiger charge is -2.21. The second-order valence-corrected chi connectivity index (χ2v) is 13.6. The molecule has 0 spiro atoms. The molecule has 0 aliphatic carbocycles. The van der Waals surface area contributed by atoms with Crippen LogP contribution in [0.3, 0.4) is 0 Å². The van der Waals surface area contributed by atoms with Gasteiger partial charge in [0.2, 0.25) is 0 Å². The zero-order valence-electron chi connectivity index (χ0n) is 14.3. The Morgan fingerprint density at radius 3 is 1.82 bits per heavy atom. The van der Waals surface area contributed by atoms with E-state index in [2.05, 4.69) is 76.9 Å². The van der Waals surface area contributed by atoms with Gasteiger partial charge < -0.3 is 0 Å². The van der Waals surface area contributed by atoms with Crippen LogP contribution >= 0.6 is 75.3 Å². The summed E-state index contributed by atoms with van der Waals surface area (Å²) in [5, 5.41) is 0.411. The summed E-state index contributed by atoms with van der Waals surface area (Å²) >= 11 is 20.0. The van der Waals surface area contributed by atoms with Crippen LogP contribution < -0.4 is 17.1 Å². The van der Waals surface area contributed by atoms with E-state index >= 15 is 0 Å². The van der Waals surface area contributed by atoms with E-state index in [9.17, 15) is 14.4 Å². The first kappa shape index (κ1) is 23.6. The second-order valence-electron chi connectivity index (χ2n) is 5.62. The monoisotopic (exact) mass is 659 g/mol. The van der Waals surface area contributed by atoms with Crippen LogP contribution in [0.1, 0.15) is 11.1 Å². The van der Waals surface area contributed by atoms with Crippen LogP contribution in [0.4, 0.5) is 0 Å². The average Bonchev–Trinajstić information content (AvgIpc) is 2.61. The average molecular weight is 663 g/mol. The molecule has 0 amide bonds. The van der Waals surface area contributed by atoms with Crippen molar-refractivity contribution >= 4 is 75.3 Å². The number of nitrogens with zero attached hydrogens (tertiary/aromatic N) is 3. The van der Waals surface area contributed by atoms with Crippen molar-refractivity contribution in [3.05, 3.63) is 89.5 Å². The van der Waals surface area contributed by atoms with E-state index in [0.717, 1.165) is 13.7 Å². The highest BCUT2D eigenvalue weighted by atomic mass is 80.0. The van der Waals surface area contributed by atoms with E-state index in [1.165, 1.54) is 12.2 Å². The van der Waals surface area contributed by atoms with Gasteiger partial charge in [0.05, 0.1) is 24.7 Å². The van der Waals surface area contributed by atoms with Gasteiger partial charge >= 0.3 is 17.1 Å². The molecule has 0 saturated heterocycles. The van der Waals surface area contributed by atoms with Crippen LogP contribution in [-0.4, -0.2) is 13.7 Å². The number of halogens is 5. The highest BCUT2D eigenvalue weighted by Crippen LogP contribution is 2.48. The van der Waals surface area contributed by atoms with Gasteiger partial charge in [0.25, 0.3) is 0 Å². The Morgan fingerprint density at radius 2 is 1.39 bits per heavy atom. The normalized spacial score (nSPS) is 11.5. The maximum absolute atomic E-state index is 12.9. The number of alkyl halides is 3. The summed E-state index contributed by atoms with van der Waals surface area (Å²) < 4.78 is 2.58. The second kappa shape index (κ2) is 9.42. The van der Waals surface area contributed by atoms with Crippen molar-refractivity contribution in [2.75, 3.05) is 0 Å². The molecule has 1 aromatic carbocycles. The maximum atomic E-state index is 12.9. The van der Waals surface area contributed by atoms with Crippen LogP contribution in [0, 0.1) is 0 Å². The summed E-state index contributed by atoms with van der Waals surface area (Å²) in [4.78, 5) is 38.3. The lowest BCUT2D eigenvalue weighted by atomic mass is 10.1. The molecular weight excluding hydrogens is 649 g/mol. The van der Waals surface area contributed by atoms with Crippen molar-refractivity contribution in [2.45, 2.75) is 21.8 Å². The fourth-order valence-electron chi connectivity index (χ4n) is 2.56. The van der Waals surface area contributed by atoms with Crippen molar-refractivity contribution in [1.82, 2.24) is 13.7 Å². The molecule has 6 nitrogen and oxygen atoms in total. The molecule has 0 N–H and O–H groups in total. The van der Waals surface area contributed by atoms with E-state index in [1.54, 1.807) is 12.1 Å². The smallest absolute Gasteiger partial charge is 0.247 e. The zero-order valence-corrected chi connectivity index (χ0v) is 21.4. The summed E-state index contributed by atoms with van der Waals surface area (Å²) in [6, 6.07) is 3.42. The third-order valence-corrected chi connectivity index (χ3v) is 6.56. The van der Waals surface area contributed by atoms with Crippen LogP contribution in [0.5, 0.6) is 0 Å². The molecule has 0 bridgehead atoms. The van der Waals surface area contributed by atoms with Gasteiger partial charge in [0.1, 0.15) is 0 Å². The molecule has 28 heavy (non-hydrogen) atoms. The van der Waals surface area contributed by atoms with Crippen LogP contribution in [-0.2, 0) is 21.8 Å². The molecule has 0 fully saturated rings. The van der Waals surface area contributed by atoms with Crippen molar-refractivity contribution in [1.29, 1.82) is 0 Å². The summed E-state index contributed by atoms with van der Waals surface area (Å²) in [6.07, 6.45) is 2.83. The zero-order chi connectivity index (χ0) is 21.2. The standard InChI is InChI=1S/C17H14Br4ClN3O3/c1-3-7-23-14(26)24(8-4-2)16(28)25(15(23)27)9-10-11(17(19,20)21)5-6-12(22)13(10)18/h3-6H,1-2,7-9H2. The lowest BCUT2D eigenvalue weighted by Crippen LogP contribution is -2.54. The summed E-state index contributed by atoms with van der Waals surface area (Å²) in [5.41, 5.74) is -0.930. The van der Waals surface area contributed by atoms with Crippen LogP contribution in [0.15, 0.2) is 56.3 Å². The van der Waals surface area contributed by atoms with Gasteiger partial charge in [0.15, 0.2) is 2.14 Å². The Morgan fingerprint density at radius 1 is 0.929 bits per heavy atom. The summed E-state index contributed by atoms with van der Waals surface area (Å²) in [7, 11) is 0. The third kappa shape index (κ3) is 4.72. The Kier molecular flexibility index (Phi) is 7.94. The number of rotatable bonds is 6. The van der Waals surface area contributed by atoms with Crippen LogP contribution in [0.25, 0.3) is 0 Å². The molecular formula is C17H14Br4ClN3O3. The minimum atomic E-state index is -0.811. The molecule has 1 heterocycles. The molecule has 11 heteroatoms. The fraction of sp³-hybridized carbons (Fsp3) is 0.235. The highest BCUT2D eigenvalue weighted by Gasteiger charge is 2.27. The number of hydrogen-bond donors (Lipinski definition) is 0. The Hall–Kier alpha value is -0.680. The van der Waals surface area contributed by atoms with E-state index in [0.29, 0.717) is 20.6 Å². The number of hydrogen-bond acceptors (Lipinski definition) is 3. The van der Waals surface area contributed by atoms with Crippen molar-refractivity contribution in [2.24, 2.45) is 0 Å². The number of benzene rings is 1. The molecule has 0 radical (unpaired) electrons. The minimum absolute atomic E-state index is 0.0298. The predicted molar refractivity (Wildman–Crippen MR) is 126 cm³/mol. The number of aromatic nitrogens is 3. The van der Waals surface area contributed by atoms with Gasteiger partial charge in [-0.2, -0.15) is 0 Å². The van der Waals surface area contributed by atoms with Gasteiger partial charge in [-0.15, -0.1) is 13.2 Å². The Labute approximate surface area is 199 Å². The Balaban J connectivity index is 2.85. The molecule has 2 rings (SSSR count). The molecule has 0 aliphatic rings.